The van der Waals surface area contributed by atoms with E-state index in [1.165, 1.54) is 65.3 Å². The summed E-state index contributed by atoms with van der Waals surface area (Å²) in [5.41, 5.74) is 22.9. The Balaban J connectivity index is 0.868. The molecule has 0 saturated heterocycles. The lowest BCUT2D eigenvalue weighted by molar-refractivity contribution is 1.14. The van der Waals surface area contributed by atoms with Gasteiger partial charge in [-0.05, 0) is 160 Å². The first kappa shape index (κ1) is 44.3. The topological polar surface area (TPSA) is 43.8 Å². The highest BCUT2D eigenvalue weighted by Crippen LogP contribution is 2.54. The number of benzene rings is 11. The number of hydrogen-bond donors (Lipinski definition) is 0. The Morgan fingerprint density at radius 3 is 1.32 bits per heavy atom. The fourth-order valence-corrected chi connectivity index (χ4v) is 13.2. The minimum absolute atomic E-state index is 1.05. The fourth-order valence-electron chi connectivity index (χ4n) is 13.2. The molecule has 0 fully saturated rings. The van der Waals surface area contributed by atoms with Crippen molar-refractivity contribution in [1.29, 1.82) is 0 Å². The van der Waals surface area contributed by atoms with E-state index in [1.807, 2.05) is 36.9 Å². The van der Waals surface area contributed by atoms with E-state index < -0.39 is 0 Å². The van der Waals surface area contributed by atoms with Crippen molar-refractivity contribution >= 4 is 93.3 Å². The molecule has 17 rings (SSSR count). The monoisotopic (exact) mass is 1020 g/mol. The van der Waals surface area contributed by atoms with E-state index in [9.17, 15) is 0 Å². The van der Waals surface area contributed by atoms with Crippen LogP contribution in [0.1, 0.15) is 0 Å². The third kappa shape index (κ3) is 6.66. The number of nitrogens with zero attached hydrogens (tertiary/aromatic N) is 6. The standard InChI is InChI=1S/C74H46N6/c1-2-14-47(15-3-1)51-30-33-70-63(40-51)65-43-64-60-26-10-16-48-17-11-29-71(74(48)60)78(55-21-9-19-50(39-55)53-32-35-69-62(42-53)59-25-5-7-28-67(59)80(69)57-23-13-37-76-46-57)72(64)44-73(65)77(70)54-20-8-18-49(38-54)52-31-34-68-61(41-52)58-24-4-6-27-66(58)79(68)56-22-12-36-75-45-56/h1-46H. The summed E-state index contributed by atoms with van der Waals surface area (Å²) in [6.07, 6.45) is 7.55. The molecular weight excluding hydrogens is 973 g/mol. The van der Waals surface area contributed by atoms with Gasteiger partial charge in [0.25, 0.3) is 0 Å². The van der Waals surface area contributed by atoms with Crippen LogP contribution in [0.4, 0.5) is 17.1 Å². The molecule has 372 valence electrons. The minimum atomic E-state index is 1.05. The van der Waals surface area contributed by atoms with Gasteiger partial charge in [-0.25, -0.2) is 0 Å². The minimum Gasteiger partial charge on any atom is -0.309 e. The molecule has 0 N–H and O–H groups in total. The highest BCUT2D eigenvalue weighted by Gasteiger charge is 2.29. The van der Waals surface area contributed by atoms with Crippen LogP contribution in [-0.4, -0.2) is 23.7 Å². The van der Waals surface area contributed by atoms with Crippen LogP contribution in [0.3, 0.4) is 0 Å². The number of hydrogen-bond acceptors (Lipinski definition) is 3. The van der Waals surface area contributed by atoms with Gasteiger partial charge in [0, 0.05) is 67.0 Å². The zero-order chi connectivity index (χ0) is 52.4. The SMILES string of the molecule is c1ccc(-c2ccc3c(c2)c2cc4c(cc2n3-c2cccc(-c3ccc5c(c3)c3ccccc3n5-c3cccnc3)c2)N(c2cccc(-c3ccc5c(c3)c3ccccc3n5-c3cccnc3)c2)c2cccc3cccc-4c23)cc1. The normalized spacial score (nSPS) is 12.2. The van der Waals surface area contributed by atoms with Crippen molar-refractivity contribution in [2.24, 2.45) is 0 Å². The number of pyridine rings is 2. The van der Waals surface area contributed by atoms with Crippen molar-refractivity contribution in [2.45, 2.75) is 0 Å². The van der Waals surface area contributed by atoms with Gasteiger partial charge in [0.05, 0.1) is 68.2 Å². The van der Waals surface area contributed by atoms with E-state index in [4.69, 9.17) is 0 Å². The molecule has 11 aromatic carbocycles. The Morgan fingerprint density at radius 1 is 0.250 bits per heavy atom. The molecule has 0 bridgehead atoms. The summed E-state index contributed by atoms with van der Waals surface area (Å²) >= 11 is 0. The van der Waals surface area contributed by atoms with Gasteiger partial charge in [0.2, 0.25) is 0 Å². The van der Waals surface area contributed by atoms with Crippen molar-refractivity contribution in [2.75, 3.05) is 4.90 Å². The average molecular weight is 1020 g/mol. The maximum atomic E-state index is 4.49. The van der Waals surface area contributed by atoms with Gasteiger partial charge in [-0.1, -0.05) is 140 Å². The van der Waals surface area contributed by atoms with Crippen LogP contribution in [0.25, 0.3) is 138 Å². The van der Waals surface area contributed by atoms with Crippen molar-refractivity contribution in [3.05, 3.63) is 280 Å². The smallest absolute Gasteiger partial charge is 0.0645 e. The Kier molecular flexibility index (Phi) is 9.61. The second kappa shape index (κ2) is 17.3. The van der Waals surface area contributed by atoms with Crippen LogP contribution in [0.15, 0.2) is 280 Å². The molecule has 1 aliphatic rings. The summed E-state index contributed by atoms with van der Waals surface area (Å²) in [5, 5.41) is 9.71. The number of aromatic nitrogens is 5. The third-order valence-corrected chi connectivity index (χ3v) is 16.7. The van der Waals surface area contributed by atoms with Gasteiger partial charge >= 0.3 is 0 Å². The highest BCUT2D eigenvalue weighted by atomic mass is 15.2. The van der Waals surface area contributed by atoms with Gasteiger partial charge in [0.15, 0.2) is 0 Å². The van der Waals surface area contributed by atoms with Crippen molar-refractivity contribution in [1.82, 2.24) is 23.7 Å². The molecule has 0 aliphatic carbocycles. The van der Waals surface area contributed by atoms with Gasteiger partial charge in [0.1, 0.15) is 0 Å². The molecule has 0 radical (unpaired) electrons. The molecule has 0 unspecified atom stereocenters. The Hall–Kier alpha value is -10.8. The first-order valence-corrected chi connectivity index (χ1v) is 27.3. The van der Waals surface area contributed by atoms with Gasteiger partial charge in [-0.2, -0.15) is 0 Å². The molecule has 0 amide bonds. The van der Waals surface area contributed by atoms with E-state index in [0.29, 0.717) is 0 Å². The summed E-state index contributed by atoms with van der Waals surface area (Å²) in [6.45, 7) is 0. The van der Waals surface area contributed by atoms with Crippen LogP contribution in [0.5, 0.6) is 0 Å². The molecule has 0 atom stereocenters. The number of rotatable bonds is 7. The number of para-hydroxylation sites is 2. The molecule has 6 nitrogen and oxygen atoms in total. The van der Waals surface area contributed by atoms with Gasteiger partial charge in [-0.15, -0.1) is 0 Å². The molecular formula is C74H46N6. The molecule has 6 heterocycles. The maximum absolute atomic E-state index is 4.49. The largest absolute Gasteiger partial charge is 0.309 e. The second-order valence-corrected chi connectivity index (χ2v) is 21.0. The van der Waals surface area contributed by atoms with Crippen molar-refractivity contribution in [3.63, 3.8) is 0 Å². The quantitative estimate of drug-likeness (QED) is 0.160. The van der Waals surface area contributed by atoms with E-state index in [2.05, 4.69) is 271 Å². The maximum Gasteiger partial charge on any atom is 0.0645 e. The van der Waals surface area contributed by atoms with Gasteiger partial charge < -0.3 is 18.6 Å². The summed E-state index contributed by atoms with van der Waals surface area (Å²) in [5.74, 6) is 0. The lowest BCUT2D eigenvalue weighted by Crippen LogP contribution is -2.15. The molecule has 1 aliphatic heterocycles. The molecule has 80 heavy (non-hydrogen) atoms. The molecule has 0 spiro atoms. The second-order valence-electron chi connectivity index (χ2n) is 21.0. The average Bonchev–Trinajstić information content (AvgIpc) is 4.28. The summed E-state index contributed by atoms with van der Waals surface area (Å²) in [7, 11) is 0. The Morgan fingerprint density at radius 2 is 0.713 bits per heavy atom. The fraction of sp³-hybridized carbons (Fsp3) is 0. The molecule has 0 saturated carbocycles. The zero-order valence-electron chi connectivity index (χ0n) is 43.2. The predicted molar refractivity (Wildman–Crippen MR) is 333 cm³/mol. The number of anilines is 3. The van der Waals surface area contributed by atoms with E-state index in [-0.39, 0.29) is 0 Å². The van der Waals surface area contributed by atoms with Crippen LogP contribution >= 0.6 is 0 Å². The van der Waals surface area contributed by atoms with Crippen molar-refractivity contribution in [3.8, 4) is 61.6 Å². The predicted octanol–water partition coefficient (Wildman–Crippen LogP) is 19.4. The molecule has 6 heteroatoms. The third-order valence-electron chi connectivity index (χ3n) is 16.7. The van der Waals surface area contributed by atoms with E-state index >= 15 is 0 Å². The Labute approximate surface area is 460 Å². The summed E-state index contributed by atoms with van der Waals surface area (Å²) in [4.78, 5) is 11.5. The zero-order valence-corrected chi connectivity index (χ0v) is 43.2. The lowest BCUT2D eigenvalue weighted by Gasteiger charge is -2.34. The van der Waals surface area contributed by atoms with E-state index in [1.54, 1.807) is 0 Å². The first-order chi connectivity index (χ1) is 39.7. The van der Waals surface area contributed by atoms with Crippen LogP contribution in [0, 0.1) is 0 Å². The summed E-state index contributed by atoms with van der Waals surface area (Å²) < 4.78 is 7.13. The number of fused-ring (bicyclic) bond motifs is 11. The van der Waals surface area contributed by atoms with Crippen LogP contribution in [-0.2, 0) is 0 Å². The van der Waals surface area contributed by atoms with Crippen LogP contribution < -0.4 is 4.90 Å². The lowest BCUT2D eigenvalue weighted by atomic mass is 9.89. The summed E-state index contributed by atoms with van der Waals surface area (Å²) in [6, 6.07) is 93.9. The van der Waals surface area contributed by atoms with Crippen LogP contribution in [0.2, 0.25) is 0 Å². The van der Waals surface area contributed by atoms with Gasteiger partial charge in [-0.3, -0.25) is 9.97 Å². The molecule has 16 aromatic rings. The first-order valence-electron chi connectivity index (χ1n) is 27.3. The molecule has 5 aromatic heterocycles. The highest BCUT2D eigenvalue weighted by molar-refractivity contribution is 6.20. The van der Waals surface area contributed by atoms with Crippen molar-refractivity contribution < 1.29 is 0 Å². The Bertz CT molecular complexity index is 5180. The van der Waals surface area contributed by atoms with E-state index in [0.717, 1.165) is 89.5 Å².